The van der Waals surface area contributed by atoms with Gasteiger partial charge >= 0.3 is 0 Å². The van der Waals surface area contributed by atoms with Gasteiger partial charge in [0.1, 0.15) is 11.2 Å². The second-order valence-corrected chi connectivity index (χ2v) is 5.32. The first-order chi connectivity index (χ1) is 9.52. The lowest BCUT2D eigenvalue weighted by Gasteiger charge is -2.27. The van der Waals surface area contributed by atoms with Crippen LogP contribution >= 0.6 is 0 Å². The molecule has 1 amide bonds. The fourth-order valence-electron chi connectivity index (χ4n) is 2.05. The Morgan fingerprint density at radius 3 is 2.65 bits per heavy atom. The van der Waals surface area contributed by atoms with Crippen LogP contribution in [0.3, 0.4) is 0 Å². The van der Waals surface area contributed by atoms with E-state index in [1.54, 1.807) is 30.9 Å². The van der Waals surface area contributed by atoms with Crippen molar-refractivity contribution >= 4 is 5.91 Å². The minimum absolute atomic E-state index is 0.0647. The molecule has 0 bridgehead atoms. The average Bonchev–Trinajstić information content (AvgIpc) is 2.91. The highest BCUT2D eigenvalue weighted by molar-refractivity contribution is 5.87. The third kappa shape index (κ3) is 3.01. The number of nitrogens with one attached hydrogen (secondary N) is 2. The van der Waals surface area contributed by atoms with Crippen LogP contribution in [-0.4, -0.2) is 32.1 Å². The van der Waals surface area contributed by atoms with Crippen molar-refractivity contribution in [3.8, 4) is 0 Å². The normalized spacial score (nSPS) is 14.0. The van der Waals surface area contributed by atoms with Gasteiger partial charge in [0.15, 0.2) is 0 Å². The summed E-state index contributed by atoms with van der Waals surface area (Å²) in [5.41, 5.74) is 0.119. The SMILES string of the molecule is CC(C)NC(=O)C(C)(Cc1cn[nH]c1)c1ncccn1. The molecule has 1 unspecified atom stereocenters. The number of hydrogen-bond acceptors (Lipinski definition) is 4. The lowest BCUT2D eigenvalue weighted by molar-refractivity contribution is -0.127. The first-order valence-electron chi connectivity index (χ1n) is 6.58. The first kappa shape index (κ1) is 14.2. The second-order valence-electron chi connectivity index (χ2n) is 5.32. The molecule has 0 aliphatic rings. The number of rotatable bonds is 5. The van der Waals surface area contributed by atoms with Gasteiger partial charge in [0.05, 0.1) is 6.20 Å². The highest BCUT2D eigenvalue weighted by Crippen LogP contribution is 2.25. The highest BCUT2D eigenvalue weighted by Gasteiger charge is 2.38. The summed E-state index contributed by atoms with van der Waals surface area (Å²) >= 11 is 0. The summed E-state index contributed by atoms with van der Waals surface area (Å²) < 4.78 is 0. The molecule has 6 nitrogen and oxygen atoms in total. The quantitative estimate of drug-likeness (QED) is 0.858. The zero-order valence-corrected chi connectivity index (χ0v) is 11.9. The van der Waals surface area contributed by atoms with Crippen LogP contribution in [0.5, 0.6) is 0 Å². The van der Waals surface area contributed by atoms with E-state index in [2.05, 4.69) is 25.5 Å². The molecule has 0 saturated carbocycles. The van der Waals surface area contributed by atoms with Gasteiger partial charge in [-0.3, -0.25) is 9.89 Å². The van der Waals surface area contributed by atoms with E-state index >= 15 is 0 Å². The van der Waals surface area contributed by atoms with Gasteiger partial charge in [-0.15, -0.1) is 0 Å². The van der Waals surface area contributed by atoms with Crippen LogP contribution in [0.2, 0.25) is 0 Å². The van der Waals surface area contributed by atoms with Gasteiger partial charge in [0.25, 0.3) is 0 Å². The maximum Gasteiger partial charge on any atom is 0.234 e. The molecule has 2 heterocycles. The number of carbonyl (C=O) groups is 1. The Kier molecular flexibility index (Phi) is 4.12. The van der Waals surface area contributed by atoms with Gasteiger partial charge in [-0.1, -0.05) is 0 Å². The summed E-state index contributed by atoms with van der Waals surface area (Å²) in [7, 11) is 0. The smallest absolute Gasteiger partial charge is 0.234 e. The van der Waals surface area contributed by atoms with Crippen LogP contribution in [0.4, 0.5) is 0 Å². The van der Waals surface area contributed by atoms with Gasteiger partial charge < -0.3 is 5.32 Å². The molecular formula is C14H19N5O. The largest absolute Gasteiger partial charge is 0.353 e. The Bertz CT molecular complexity index is 552. The molecule has 0 aromatic carbocycles. The van der Waals surface area contributed by atoms with E-state index in [0.717, 1.165) is 5.56 Å². The summed E-state index contributed by atoms with van der Waals surface area (Å²) in [5, 5.41) is 9.63. The molecular weight excluding hydrogens is 254 g/mol. The first-order valence-corrected chi connectivity index (χ1v) is 6.58. The van der Waals surface area contributed by atoms with Crippen LogP contribution in [-0.2, 0) is 16.6 Å². The molecule has 0 spiro atoms. The molecule has 6 heteroatoms. The van der Waals surface area contributed by atoms with Crippen molar-refractivity contribution in [1.29, 1.82) is 0 Å². The van der Waals surface area contributed by atoms with E-state index < -0.39 is 5.41 Å². The number of hydrogen-bond donors (Lipinski definition) is 2. The predicted molar refractivity (Wildman–Crippen MR) is 75.0 cm³/mol. The maximum atomic E-state index is 12.6. The number of H-pyrrole nitrogens is 1. The molecule has 2 aromatic rings. The molecule has 106 valence electrons. The minimum Gasteiger partial charge on any atom is -0.353 e. The van der Waals surface area contributed by atoms with Crippen molar-refractivity contribution in [2.24, 2.45) is 0 Å². The van der Waals surface area contributed by atoms with Crippen LogP contribution < -0.4 is 5.32 Å². The zero-order chi connectivity index (χ0) is 14.6. The van der Waals surface area contributed by atoms with Crippen molar-refractivity contribution < 1.29 is 4.79 Å². The second kappa shape index (κ2) is 5.81. The third-order valence-electron chi connectivity index (χ3n) is 3.09. The van der Waals surface area contributed by atoms with Gasteiger partial charge in [0.2, 0.25) is 5.91 Å². The topological polar surface area (TPSA) is 83.6 Å². The Hall–Kier alpha value is -2.24. The Balaban J connectivity index is 2.35. The summed E-state index contributed by atoms with van der Waals surface area (Å²) in [6.07, 6.45) is 7.29. The molecule has 0 fully saturated rings. The van der Waals surface area contributed by atoms with E-state index in [1.165, 1.54) is 0 Å². The van der Waals surface area contributed by atoms with E-state index in [0.29, 0.717) is 12.2 Å². The molecule has 0 aliphatic heterocycles. The number of amides is 1. The summed E-state index contributed by atoms with van der Waals surface area (Å²) in [4.78, 5) is 21.1. The van der Waals surface area contributed by atoms with E-state index in [4.69, 9.17) is 0 Å². The predicted octanol–water partition coefficient (Wildman–Crippen LogP) is 1.22. The molecule has 0 aliphatic carbocycles. The number of aromatic amines is 1. The van der Waals surface area contributed by atoms with Crippen LogP contribution in [0.1, 0.15) is 32.2 Å². The summed E-state index contributed by atoms with van der Waals surface area (Å²) in [6, 6.07) is 1.80. The number of nitrogens with zero attached hydrogens (tertiary/aromatic N) is 3. The maximum absolute atomic E-state index is 12.6. The van der Waals surface area contributed by atoms with E-state index in [9.17, 15) is 4.79 Å². The van der Waals surface area contributed by atoms with Crippen molar-refractivity contribution in [2.45, 2.75) is 38.6 Å². The molecule has 0 radical (unpaired) electrons. The average molecular weight is 273 g/mol. The molecule has 2 rings (SSSR count). The van der Waals surface area contributed by atoms with Crippen molar-refractivity contribution in [1.82, 2.24) is 25.5 Å². The fourth-order valence-corrected chi connectivity index (χ4v) is 2.05. The fraction of sp³-hybridized carbons (Fsp3) is 0.429. The monoisotopic (exact) mass is 273 g/mol. The lowest BCUT2D eigenvalue weighted by atomic mass is 9.82. The van der Waals surface area contributed by atoms with Gasteiger partial charge in [-0.25, -0.2) is 9.97 Å². The van der Waals surface area contributed by atoms with Gasteiger partial charge in [0, 0.05) is 24.6 Å². The molecule has 20 heavy (non-hydrogen) atoms. The third-order valence-corrected chi connectivity index (χ3v) is 3.09. The molecule has 1 atom stereocenters. The van der Waals surface area contributed by atoms with Crippen LogP contribution in [0.15, 0.2) is 30.9 Å². The standard InChI is InChI=1S/C14H19N5O/c1-10(2)19-13(20)14(3,7-11-8-17-18-9-11)12-15-5-4-6-16-12/h4-6,8-10H,7H2,1-3H3,(H,17,18)(H,19,20). The number of aromatic nitrogens is 4. The summed E-state index contributed by atoms with van der Waals surface area (Å²) in [5.74, 6) is 0.430. The van der Waals surface area contributed by atoms with E-state index in [1.807, 2.05) is 20.8 Å². The van der Waals surface area contributed by atoms with Crippen molar-refractivity contribution in [3.05, 3.63) is 42.2 Å². The highest BCUT2D eigenvalue weighted by atomic mass is 16.2. The van der Waals surface area contributed by atoms with Gasteiger partial charge in [-0.05, 0) is 38.8 Å². The minimum atomic E-state index is -0.824. The van der Waals surface area contributed by atoms with Crippen LogP contribution in [0, 0.1) is 0 Å². The molecule has 2 aromatic heterocycles. The Morgan fingerprint density at radius 2 is 2.10 bits per heavy atom. The Labute approximate surface area is 118 Å². The molecule has 0 saturated heterocycles. The lowest BCUT2D eigenvalue weighted by Crippen LogP contribution is -2.47. The van der Waals surface area contributed by atoms with Gasteiger partial charge in [-0.2, -0.15) is 5.10 Å². The van der Waals surface area contributed by atoms with Crippen molar-refractivity contribution in [2.75, 3.05) is 0 Å². The van der Waals surface area contributed by atoms with Crippen LogP contribution in [0.25, 0.3) is 0 Å². The van der Waals surface area contributed by atoms with E-state index in [-0.39, 0.29) is 11.9 Å². The summed E-state index contributed by atoms with van der Waals surface area (Å²) in [6.45, 7) is 5.72. The Morgan fingerprint density at radius 1 is 1.40 bits per heavy atom. The molecule has 2 N–H and O–H groups in total. The zero-order valence-electron chi connectivity index (χ0n) is 11.9. The van der Waals surface area contributed by atoms with Crippen molar-refractivity contribution in [3.63, 3.8) is 0 Å². The number of carbonyl (C=O) groups excluding carboxylic acids is 1.